The van der Waals surface area contributed by atoms with Crippen molar-refractivity contribution >= 4 is 54.8 Å². The molecule has 0 spiro atoms. The van der Waals surface area contributed by atoms with Crippen LogP contribution in [0, 0.1) is 0 Å². The molecule has 0 radical (unpaired) electrons. The summed E-state index contributed by atoms with van der Waals surface area (Å²) in [5.74, 6) is 2.72. The van der Waals surface area contributed by atoms with Gasteiger partial charge in [0.1, 0.15) is 0 Å². The second-order valence-corrected chi connectivity index (χ2v) is 13.8. The molecule has 158 valence electrons. The Morgan fingerprint density at radius 2 is 0.862 bits per heavy atom. The third-order valence-electron chi connectivity index (χ3n) is 4.99. The van der Waals surface area contributed by atoms with Crippen molar-refractivity contribution in [2.75, 3.05) is 57.0 Å². The van der Waals surface area contributed by atoms with Crippen LogP contribution in [0.15, 0.2) is 18.6 Å². The quantitative estimate of drug-likeness (QED) is 0.348. The average molecular weight is 482 g/mol. The zero-order valence-corrected chi connectivity index (χ0v) is 21.2. The summed E-state index contributed by atoms with van der Waals surface area (Å²) in [6.45, 7) is 0. The average Bonchev–Trinajstić information content (AvgIpc) is 3.31. The fraction of sp³-hybridized carbons (Fsp3) is 0.500. The second-order valence-electron chi connectivity index (χ2n) is 7.72. The Balaban J connectivity index is 2.36. The minimum atomic E-state index is -2.20. The molecule has 0 unspecified atom stereocenters. The van der Waals surface area contributed by atoms with Gasteiger partial charge in [-0.25, -0.2) is 0 Å². The number of anilines is 3. The number of hydrogen-bond acceptors (Lipinski definition) is 6. The minimum absolute atomic E-state index is 0.907. The first-order valence-corrected chi connectivity index (χ1v) is 13.2. The van der Waals surface area contributed by atoms with Crippen LogP contribution in [-0.4, -0.2) is 86.0 Å². The summed E-state index contributed by atoms with van der Waals surface area (Å²) in [7, 11) is 18.2. The molecule has 0 amide bonds. The first kappa shape index (κ1) is 21.7. The van der Waals surface area contributed by atoms with Gasteiger partial charge in [-0.15, -0.1) is 0 Å². The molecule has 0 aliphatic heterocycles. The van der Waals surface area contributed by atoms with Crippen molar-refractivity contribution < 1.29 is 0 Å². The van der Waals surface area contributed by atoms with Crippen molar-refractivity contribution in [3.8, 4) is 0 Å². The molecule has 3 rings (SSSR count). The van der Waals surface area contributed by atoms with Crippen LogP contribution in [0.2, 0.25) is 0 Å². The molecule has 0 bridgehead atoms. The van der Waals surface area contributed by atoms with Gasteiger partial charge in [-0.05, 0) is 0 Å². The zero-order chi connectivity index (χ0) is 21.7. The van der Waals surface area contributed by atoms with E-state index in [0.717, 1.165) is 34.2 Å². The Labute approximate surface area is 180 Å². The zero-order valence-electron chi connectivity index (χ0n) is 18.6. The van der Waals surface area contributed by atoms with Gasteiger partial charge in [-0.1, -0.05) is 0 Å². The van der Waals surface area contributed by atoms with E-state index < -0.39 is 5.51 Å². The van der Waals surface area contributed by atoms with Crippen LogP contribution in [-0.2, 0) is 21.1 Å². The number of imidazole rings is 3. The topological polar surface area (TPSA) is 63.2 Å². The van der Waals surface area contributed by atoms with Gasteiger partial charge < -0.3 is 0 Å². The number of nitrogens with zero attached hydrogens (tertiary/aromatic N) is 9. The van der Waals surface area contributed by atoms with Crippen molar-refractivity contribution in [1.29, 1.82) is 0 Å². The molecule has 0 aliphatic carbocycles. The van der Waals surface area contributed by atoms with E-state index in [4.69, 9.17) is 15.0 Å². The van der Waals surface area contributed by atoms with Gasteiger partial charge in [0.15, 0.2) is 0 Å². The molecule has 3 heterocycles. The van der Waals surface area contributed by atoms with Crippen LogP contribution in [0.25, 0.3) is 0 Å². The summed E-state index contributed by atoms with van der Waals surface area (Å²) >= 11 is 3.59. The van der Waals surface area contributed by atoms with Crippen LogP contribution in [0.1, 0.15) is 0 Å². The summed E-state index contributed by atoms with van der Waals surface area (Å²) in [4.78, 5) is 20.1. The Hall–Kier alpha value is -2.02. The maximum atomic E-state index is 4.69. The van der Waals surface area contributed by atoms with E-state index in [1.807, 2.05) is 75.6 Å². The molecule has 0 saturated heterocycles. The van der Waals surface area contributed by atoms with E-state index in [0.29, 0.717) is 0 Å². The number of hydrogen-bond donors (Lipinski definition) is 0. The Kier molecular flexibility index (Phi) is 5.73. The van der Waals surface area contributed by atoms with Crippen molar-refractivity contribution in [2.45, 2.75) is 0 Å². The van der Waals surface area contributed by atoms with Gasteiger partial charge in [0.05, 0.1) is 0 Å². The Morgan fingerprint density at radius 3 is 1.03 bits per heavy atom. The second kappa shape index (κ2) is 7.67. The molecule has 0 aliphatic rings. The van der Waals surface area contributed by atoms with Crippen LogP contribution in [0.4, 0.5) is 17.8 Å². The number of aromatic nitrogens is 6. The van der Waals surface area contributed by atoms with E-state index in [2.05, 4.69) is 49.9 Å². The molecule has 0 fully saturated rings. The molecule has 0 N–H and O–H groups in total. The SMILES string of the molecule is CN(C)c1ncc(P(=[Se])(c2cnc(N(C)C)n2C)c2cnc(N(C)C)n2C)n1C. The third-order valence-corrected chi connectivity index (χ3v) is 11.7. The predicted octanol–water partition coefficient (Wildman–Crippen LogP) is -0.537. The van der Waals surface area contributed by atoms with Crippen LogP contribution in [0.5, 0.6) is 0 Å². The molecular weight excluding hydrogens is 452 g/mol. The molecule has 0 saturated carbocycles. The summed E-state index contributed by atoms with van der Waals surface area (Å²) in [5, 5.41) is 0. The molecule has 3 aromatic rings. The molecule has 3 aromatic heterocycles. The van der Waals surface area contributed by atoms with Crippen molar-refractivity contribution in [1.82, 2.24) is 28.7 Å². The van der Waals surface area contributed by atoms with E-state index >= 15 is 0 Å². The van der Waals surface area contributed by atoms with E-state index in [1.165, 1.54) is 0 Å². The van der Waals surface area contributed by atoms with E-state index in [1.54, 1.807) is 0 Å². The summed E-state index contributed by atoms with van der Waals surface area (Å²) < 4.78 is 6.48. The van der Waals surface area contributed by atoms with Crippen LogP contribution in [0.3, 0.4) is 0 Å². The van der Waals surface area contributed by atoms with Crippen molar-refractivity contribution in [3.05, 3.63) is 18.6 Å². The van der Waals surface area contributed by atoms with E-state index in [9.17, 15) is 0 Å². The fourth-order valence-corrected chi connectivity index (χ4v) is 9.75. The summed E-state index contributed by atoms with van der Waals surface area (Å²) in [6, 6.07) is 0. The first-order chi connectivity index (χ1) is 13.5. The fourth-order valence-electron chi connectivity index (χ4n) is 3.65. The van der Waals surface area contributed by atoms with Crippen LogP contribution < -0.4 is 31.0 Å². The maximum absolute atomic E-state index is 4.69. The van der Waals surface area contributed by atoms with Gasteiger partial charge >= 0.3 is 180 Å². The monoisotopic (exact) mass is 483 g/mol. The third kappa shape index (κ3) is 3.33. The molecule has 0 atom stereocenters. The van der Waals surface area contributed by atoms with Crippen molar-refractivity contribution in [3.63, 3.8) is 0 Å². The van der Waals surface area contributed by atoms with Crippen molar-refractivity contribution in [2.24, 2.45) is 21.1 Å². The van der Waals surface area contributed by atoms with Gasteiger partial charge in [0.25, 0.3) is 0 Å². The molecule has 9 nitrogen and oxygen atoms in total. The van der Waals surface area contributed by atoms with Gasteiger partial charge in [0.2, 0.25) is 0 Å². The van der Waals surface area contributed by atoms with E-state index in [-0.39, 0.29) is 0 Å². The van der Waals surface area contributed by atoms with Gasteiger partial charge in [0, 0.05) is 0 Å². The standard InChI is InChI=1S/C18H30N9PSe/c1-22(2)16-19-10-13(25(16)7)28(29,14-11-20-17(23(3)4)26(14)8)15-12-21-18(24(5)6)27(15)9/h10-12H,1-9H3. The molecule has 29 heavy (non-hydrogen) atoms. The molecule has 0 aromatic carbocycles. The Morgan fingerprint density at radius 1 is 0.621 bits per heavy atom. The van der Waals surface area contributed by atoms with Gasteiger partial charge in [-0.2, -0.15) is 0 Å². The van der Waals surface area contributed by atoms with Gasteiger partial charge in [-0.3, -0.25) is 0 Å². The summed E-state index contributed by atoms with van der Waals surface area (Å²) in [6.07, 6.45) is 5.93. The van der Waals surface area contributed by atoms with Crippen LogP contribution >= 0.6 is 5.51 Å². The molecule has 11 heteroatoms. The summed E-state index contributed by atoms with van der Waals surface area (Å²) in [5.41, 5.74) is 1.18. The number of rotatable bonds is 6. The first-order valence-electron chi connectivity index (χ1n) is 9.20. The Bertz CT molecular complexity index is 940. The predicted molar refractivity (Wildman–Crippen MR) is 124 cm³/mol. The molecular formula is C18H30N9PSe. The normalized spacial score (nSPS) is 11.8.